The van der Waals surface area contributed by atoms with Gasteiger partial charge < -0.3 is 14.4 Å². The first-order valence-electron chi connectivity index (χ1n) is 7.60. The molecule has 2 aromatic heterocycles. The Morgan fingerprint density at radius 1 is 1.29 bits per heavy atom. The largest absolute Gasteiger partial charge is 0.480 e. The lowest BCUT2D eigenvalue weighted by Gasteiger charge is -2.32. The first-order valence-corrected chi connectivity index (χ1v) is 8.39. The van der Waals surface area contributed by atoms with Crippen LogP contribution in [0.2, 0.25) is 0 Å². The quantitative estimate of drug-likeness (QED) is 0.794. The van der Waals surface area contributed by atoms with E-state index in [1.165, 1.54) is 7.11 Å². The molecule has 0 saturated carbocycles. The Kier molecular flexibility index (Phi) is 5.24. The van der Waals surface area contributed by atoms with Gasteiger partial charge in [-0.2, -0.15) is 0 Å². The van der Waals surface area contributed by atoms with Crippen LogP contribution < -0.4 is 9.47 Å². The molecule has 126 valence electrons. The molecule has 1 aliphatic heterocycles. The van der Waals surface area contributed by atoms with Gasteiger partial charge in [-0.3, -0.25) is 9.78 Å². The van der Waals surface area contributed by atoms with Crippen molar-refractivity contribution < 1.29 is 14.3 Å². The van der Waals surface area contributed by atoms with Gasteiger partial charge in [-0.05, 0) is 34.8 Å². The van der Waals surface area contributed by atoms with Crippen LogP contribution in [0.5, 0.6) is 11.8 Å². The third-order valence-corrected chi connectivity index (χ3v) is 4.16. The van der Waals surface area contributed by atoms with E-state index in [4.69, 9.17) is 9.47 Å². The van der Waals surface area contributed by atoms with Crippen molar-refractivity contribution in [2.45, 2.75) is 18.9 Å². The average Bonchev–Trinajstić information content (AvgIpc) is 2.62. The van der Waals surface area contributed by atoms with E-state index < -0.39 is 0 Å². The lowest BCUT2D eigenvalue weighted by molar-refractivity contribution is 0.0524. The maximum absolute atomic E-state index is 12.6. The number of amides is 1. The van der Waals surface area contributed by atoms with Gasteiger partial charge in [-0.25, -0.2) is 0 Å². The molecular formula is C16H17BrN4O3. The van der Waals surface area contributed by atoms with Gasteiger partial charge >= 0.3 is 0 Å². The zero-order chi connectivity index (χ0) is 16.9. The second-order valence-electron chi connectivity index (χ2n) is 5.44. The van der Waals surface area contributed by atoms with Crippen LogP contribution in [-0.4, -0.2) is 52.3 Å². The SMILES string of the molecule is COc1ccc(OC2CCCN(C(=O)c3cncc(Br)c3)C2)nn1. The molecule has 0 aromatic carbocycles. The second-order valence-corrected chi connectivity index (χ2v) is 6.35. The molecule has 1 atom stereocenters. The summed E-state index contributed by atoms with van der Waals surface area (Å²) in [5.74, 6) is 0.821. The molecule has 1 saturated heterocycles. The number of methoxy groups -OCH3 is 1. The zero-order valence-electron chi connectivity index (χ0n) is 13.2. The summed E-state index contributed by atoms with van der Waals surface area (Å²) < 4.78 is 11.6. The van der Waals surface area contributed by atoms with Crippen molar-refractivity contribution in [3.63, 3.8) is 0 Å². The van der Waals surface area contributed by atoms with Gasteiger partial charge in [0.1, 0.15) is 6.10 Å². The summed E-state index contributed by atoms with van der Waals surface area (Å²) in [4.78, 5) is 18.4. The summed E-state index contributed by atoms with van der Waals surface area (Å²) in [7, 11) is 1.53. The van der Waals surface area contributed by atoms with Gasteiger partial charge in [0, 0.05) is 35.5 Å². The van der Waals surface area contributed by atoms with E-state index in [1.54, 1.807) is 35.5 Å². The van der Waals surface area contributed by atoms with Gasteiger partial charge in [-0.1, -0.05) is 0 Å². The van der Waals surface area contributed by atoms with Crippen LogP contribution in [0.15, 0.2) is 35.1 Å². The van der Waals surface area contributed by atoms with Gasteiger partial charge in [0.05, 0.1) is 19.2 Å². The summed E-state index contributed by atoms with van der Waals surface area (Å²) in [6, 6.07) is 5.18. The van der Waals surface area contributed by atoms with Gasteiger partial charge in [0.15, 0.2) is 0 Å². The minimum Gasteiger partial charge on any atom is -0.480 e. The zero-order valence-corrected chi connectivity index (χ0v) is 14.8. The molecule has 8 heteroatoms. The maximum Gasteiger partial charge on any atom is 0.255 e. The number of pyridine rings is 1. The number of piperidine rings is 1. The summed E-state index contributed by atoms with van der Waals surface area (Å²) in [6.45, 7) is 1.22. The Hall–Kier alpha value is -2.22. The Labute approximate surface area is 148 Å². The third kappa shape index (κ3) is 4.00. The minimum atomic E-state index is -0.106. The summed E-state index contributed by atoms with van der Waals surface area (Å²) in [5, 5.41) is 7.85. The topological polar surface area (TPSA) is 77.4 Å². The summed E-state index contributed by atoms with van der Waals surface area (Å²) in [5.41, 5.74) is 0.564. The van der Waals surface area contributed by atoms with E-state index in [2.05, 4.69) is 31.1 Å². The van der Waals surface area contributed by atoms with E-state index >= 15 is 0 Å². The predicted octanol–water partition coefficient (Wildman–Crippen LogP) is 2.33. The number of carbonyl (C=O) groups excluding carboxylic acids is 1. The molecular weight excluding hydrogens is 376 g/mol. The Bertz CT molecular complexity index is 711. The number of aromatic nitrogens is 3. The molecule has 1 fully saturated rings. The molecule has 3 heterocycles. The van der Waals surface area contributed by atoms with Crippen LogP contribution in [0.25, 0.3) is 0 Å². The molecule has 3 rings (SSSR count). The highest BCUT2D eigenvalue weighted by Gasteiger charge is 2.26. The molecule has 7 nitrogen and oxygen atoms in total. The standard InChI is InChI=1S/C16H17BrN4O3/c1-23-14-4-5-15(20-19-14)24-13-3-2-6-21(10-13)16(22)11-7-12(17)9-18-8-11/h4-5,7-9,13H,2-3,6,10H2,1H3. The number of hydrogen-bond acceptors (Lipinski definition) is 6. The van der Waals surface area contributed by atoms with Crippen LogP contribution in [0.4, 0.5) is 0 Å². The fourth-order valence-corrected chi connectivity index (χ4v) is 2.95. The molecule has 0 N–H and O–H groups in total. The number of hydrogen-bond donors (Lipinski definition) is 0. The number of rotatable bonds is 4. The first kappa shape index (κ1) is 16.6. The van der Waals surface area contributed by atoms with Gasteiger partial charge in [-0.15, -0.1) is 10.2 Å². The summed E-state index contributed by atoms with van der Waals surface area (Å²) in [6.07, 6.45) is 4.87. The highest BCUT2D eigenvalue weighted by molar-refractivity contribution is 9.10. The van der Waals surface area contributed by atoms with E-state index in [0.29, 0.717) is 30.4 Å². The van der Waals surface area contributed by atoms with E-state index in [1.807, 2.05) is 0 Å². The number of carbonyl (C=O) groups is 1. The van der Waals surface area contributed by atoms with Crippen molar-refractivity contribution in [2.75, 3.05) is 20.2 Å². The molecule has 1 unspecified atom stereocenters. The second kappa shape index (κ2) is 7.57. The lowest BCUT2D eigenvalue weighted by atomic mass is 10.1. The highest BCUT2D eigenvalue weighted by atomic mass is 79.9. The van der Waals surface area contributed by atoms with Crippen molar-refractivity contribution in [2.24, 2.45) is 0 Å². The maximum atomic E-state index is 12.6. The van der Waals surface area contributed by atoms with E-state index in [0.717, 1.165) is 17.3 Å². The predicted molar refractivity (Wildman–Crippen MR) is 90.1 cm³/mol. The number of ether oxygens (including phenoxy) is 2. The van der Waals surface area contributed by atoms with Crippen LogP contribution in [-0.2, 0) is 0 Å². The number of nitrogens with zero attached hydrogens (tertiary/aromatic N) is 4. The Morgan fingerprint density at radius 3 is 2.79 bits per heavy atom. The van der Waals surface area contributed by atoms with Gasteiger partial charge in [0.2, 0.25) is 11.8 Å². The van der Waals surface area contributed by atoms with Crippen molar-refractivity contribution in [1.29, 1.82) is 0 Å². The molecule has 24 heavy (non-hydrogen) atoms. The molecule has 2 aromatic rings. The smallest absolute Gasteiger partial charge is 0.255 e. The lowest BCUT2D eigenvalue weighted by Crippen LogP contribution is -2.44. The van der Waals surface area contributed by atoms with Gasteiger partial charge in [0.25, 0.3) is 5.91 Å². The van der Waals surface area contributed by atoms with Crippen molar-refractivity contribution in [1.82, 2.24) is 20.1 Å². The van der Waals surface area contributed by atoms with Crippen LogP contribution in [0, 0.1) is 0 Å². The molecule has 0 bridgehead atoms. The molecule has 1 amide bonds. The molecule has 0 spiro atoms. The number of likely N-dealkylation sites (tertiary alicyclic amines) is 1. The van der Waals surface area contributed by atoms with Crippen molar-refractivity contribution in [3.05, 3.63) is 40.6 Å². The van der Waals surface area contributed by atoms with Crippen LogP contribution >= 0.6 is 15.9 Å². The Balaban J connectivity index is 1.64. The highest BCUT2D eigenvalue weighted by Crippen LogP contribution is 2.20. The minimum absolute atomic E-state index is 0.0436. The fraction of sp³-hybridized carbons (Fsp3) is 0.375. The van der Waals surface area contributed by atoms with Crippen LogP contribution in [0.1, 0.15) is 23.2 Å². The van der Waals surface area contributed by atoms with E-state index in [9.17, 15) is 4.79 Å². The van der Waals surface area contributed by atoms with Crippen molar-refractivity contribution in [3.8, 4) is 11.8 Å². The number of halogens is 1. The molecule has 0 aliphatic carbocycles. The molecule has 0 radical (unpaired) electrons. The average molecular weight is 393 g/mol. The summed E-state index contributed by atoms with van der Waals surface area (Å²) >= 11 is 3.34. The van der Waals surface area contributed by atoms with E-state index in [-0.39, 0.29) is 12.0 Å². The Morgan fingerprint density at radius 2 is 2.08 bits per heavy atom. The molecule has 1 aliphatic rings. The monoisotopic (exact) mass is 392 g/mol. The van der Waals surface area contributed by atoms with Crippen LogP contribution in [0.3, 0.4) is 0 Å². The first-order chi connectivity index (χ1) is 11.7. The van der Waals surface area contributed by atoms with Crippen molar-refractivity contribution >= 4 is 21.8 Å². The normalized spacial score (nSPS) is 17.4. The third-order valence-electron chi connectivity index (χ3n) is 3.73. The fourth-order valence-electron chi connectivity index (χ4n) is 2.58.